The molecule has 0 aromatic heterocycles. The molecule has 0 aromatic carbocycles. The second-order valence-corrected chi connectivity index (χ2v) is 5.77. The summed E-state index contributed by atoms with van der Waals surface area (Å²) in [4.78, 5) is 2.65. The first kappa shape index (κ1) is 11.0. The van der Waals surface area contributed by atoms with Crippen LogP contribution in [-0.4, -0.2) is 48.3 Å². The van der Waals surface area contributed by atoms with Gasteiger partial charge in [-0.2, -0.15) is 0 Å². The van der Waals surface area contributed by atoms with Gasteiger partial charge in [0.25, 0.3) is 0 Å². The van der Waals surface area contributed by atoms with E-state index in [0.29, 0.717) is 5.54 Å². The van der Waals surface area contributed by atoms with Crippen LogP contribution in [0.3, 0.4) is 0 Å². The fourth-order valence-corrected chi connectivity index (χ4v) is 2.75. The molecule has 0 radical (unpaired) electrons. The van der Waals surface area contributed by atoms with Crippen LogP contribution in [-0.2, 0) is 0 Å². The molecule has 0 saturated carbocycles. The molecule has 0 N–H and O–H groups in total. The summed E-state index contributed by atoms with van der Waals surface area (Å²) in [6, 6.07) is 0.718. The third-order valence-electron chi connectivity index (χ3n) is 3.25. The van der Waals surface area contributed by atoms with Crippen molar-refractivity contribution in [1.29, 1.82) is 0 Å². The molecular weight excluding hydrogens is 160 g/mol. The zero-order valence-electron chi connectivity index (χ0n) is 10.1. The second kappa shape index (κ2) is 3.25. The monoisotopic (exact) mass is 185 g/mol. The minimum atomic E-state index is 0.374. The Bertz CT molecular complexity index is 185. The Kier molecular flexibility index (Phi) is 2.75. The Morgan fingerprint density at radius 2 is 1.92 bits per heavy atom. The first-order chi connectivity index (χ1) is 5.78. The first-order valence-electron chi connectivity index (χ1n) is 5.37. The number of likely N-dealkylation sites (N-methyl/N-ethyl adjacent to an activating group) is 1. The highest BCUT2D eigenvalue weighted by atomic mass is 15.5. The van der Waals surface area contributed by atoms with Gasteiger partial charge in [0.05, 0.1) is 26.2 Å². The lowest BCUT2D eigenvalue weighted by atomic mass is 10.0. The van der Waals surface area contributed by atoms with Gasteiger partial charge in [-0.15, -0.1) is 0 Å². The maximum atomic E-state index is 2.65. The molecule has 2 heteroatoms. The molecule has 1 saturated heterocycles. The standard InChI is InChI=1S/C11H25N2/c1-7-10(2)12-9-13(5,6)8-11(12,3)4/h10H,7-9H2,1-6H3/q+1. The highest BCUT2D eigenvalue weighted by molar-refractivity contribution is 4.87. The van der Waals surface area contributed by atoms with Crippen molar-refractivity contribution in [3.63, 3.8) is 0 Å². The Labute approximate surface area is 83.1 Å². The molecule has 0 aromatic rings. The van der Waals surface area contributed by atoms with E-state index in [1.165, 1.54) is 19.6 Å². The molecule has 1 aliphatic heterocycles. The minimum absolute atomic E-state index is 0.374. The van der Waals surface area contributed by atoms with Crippen molar-refractivity contribution < 1.29 is 4.48 Å². The third kappa shape index (κ3) is 2.23. The Hall–Kier alpha value is -0.0800. The van der Waals surface area contributed by atoms with E-state index in [9.17, 15) is 0 Å². The molecule has 78 valence electrons. The van der Waals surface area contributed by atoms with Crippen molar-refractivity contribution in [3.05, 3.63) is 0 Å². The molecule has 1 unspecified atom stereocenters. The Morgan fingerprint density at radius 1 is 1.38 bits per heavy atom. The van der Waals surface area contributed by atoms with Crippen molar-refractivity contribution in [2.24, 2.45) is 0 Å². The average molecular weight is 185 g/mol. The average Bonchev–Trinajstić information content (AvgIpc) is 2.17. The van der Waals surface area contributed by atoms with Crippen LogP contribution >= 0.6 is 0 Å². The van der Waals surface area contributed by atoms with Gasteiger partial charge in [-0.25, -0.2) is 4.90 Å². The van der Waals surface area contributed by atoms with E-state index in [2.05, 4.69) is 46.7 Å². The minimum Gasteiger partial charge on any atom is -0.314 e. The molecule has 0 amide bonds. The fraction of sp³-hybridized carbons (Fsp3) is 1.00. The van der Waals surface area contributed by atoms with Gasteiger partial charge in [-0.1, -0.05) is 6.92 Å². The first-order valence-corrected chi connectivity index (χ1v) is 5.37. The predicted molar refractivity (Wildman–Crippen MR) is 57.5 cm³/mol. The molecular formula is C11H25N2+. The highest BCUT2D eigenvalue weighted by Gasteiger charge is 2.45. The van der Waals surface area contributed by atoms with E-state index in [-0.39, 0.29) is 0 Å². The maximum absolute atomic E-state index is 2.65. The number of rotatable bonds is 2. The SMILES string of the molecule is CCC(C)N1C[N+](C)(C)CC1(C)C. The summed E-state index contributed by atoms with van der Waals surface area (Å²) in [6.07, 6.45) is 1.25. The van der Waals surface area contributed by atoms with Crippen LogP contribution in [0, 0.1) is 0 Å². The van der Waals surface area contributed by atoms with E-state index in [0.717, 1.165) is 10.5 Å². The summed E-state index contributed by atoms with van der Waals surface area (Å²) in [5, 5.41) is 0. The van der Waals surface area contributed by atoms with E-state index >= 15 is 0 Å². The summed E-state index contributed by atoms with van der Waals surface area (Å²) < 4.78 is 1.14. The van der Waals surface area contributed by atoms with Crippen LogP contribution in [0.1, 0.15) is 34.1 Å². The maximum Gasteiger partial charge on any atom is 0.135 e. The van der Waals surface area contributed by atoms with Crippen LogP contribution in [0.2, 0.25) is 0 Å². The number of quaternary nitrogens is 1. The van der Waals surface area contributed by atoms with Gasteiger partial charge in [-0.05, 0) is 27.2 Å². The zero-order valence-corrected chi connectivity index (χ0v) is 10.1. The van der Waals surface area contributed by atoms with Crippen LogP contribution in [0.15, 0.2) is 0 Å². The van der Waals surface area contributed by atoms with Crippen molar-refractivity contribution >= 4 is 0 Å². The summed E-state index contributed by atoms with van der Waals surface area (Å²) >= 11 is 0. The van der Waals surface area contributed by atoms with Gasteiger partial charge in [0.1, 0.15) is 6.67 Å². The topological polar surface area (TPSA) is 3.24 Å². The fourth-order valence-electron chi connectivity index (χ4n) is 2.75. The smallest absolute Gasteiger partial charge is 0.135 e. The van der Waals surface area contributed by atoms with E-state index in [1.807, 2.05) is 0 Å². The highest BCUT2D eigenvalue weighted by Crippen LogP contribution is 2.29. The van der Waals surface area contributed by atoms with Crippen molar-refractivity contribution in [3.8, 4) is 0 Å². The molecule has 1 rings (SSSR count). The molecule has 1 heterocycles. The van der Waals surface area contributed by atoms with Crippen LogP contribution < -0.4 is 0 Å². The lowest BCUT2D eigenvalue weighted by molar-refractivity contribution is -0.884. The van der Waals surface area contributed by atoms with E-state index in [4.69, 9.17) is 0 Å². The van der Waals surface area contributed by atoms with Gasteiger partial charge < -0.3 is 4.48 Å². The van der Waals surface area contributed by atoms with Gasteiger partial charge in [0.2, 0.25) is 0 Å². The lowest BCUT2D eigenvalue weighted by Gasteiger charge is -2.31. The quantitative estimate of drug-likeness (QED) is 0.594. The van der Waals surface area contributed by atoms with E-state index < -0.39 is 0 Å². The molecule has 0 aliphatic carbocycles. The Morgan fingerprint density at radius 3 is 2.23 bits per heavy atom. The van der Waals surface area contributed by atoms with Crippen molar-refractivity contribution in [2.45, 2.75) is 45.7 Å². The molecule has 1 fully saturated rings. The van der Waals surface area contributed by atoms with E-state index in [1.54, 1.807) is 0 Å². The number of hydrogen-bond acceptors (Lipinski definition) is 1. The van der Waals surface area contributed by atoms with Crippen LogP contribution in [0.5, 0.6) is 0 Å². The molecule has 0 bridgehead atoms. The Balaban J connectivity index is 2.76. The molecule has 1 atom stereocenters. The summed E-state index contributed by atoms with van der Waals surface area (Å²) in [6.45, 7) is 11.8. The lowest BCUT2D eigenvalue weighted by Crippen LogP contribution is -2.45. The normalized spacial score (nSPS) is 29.1. The number of hydrogen-bond donors (Lipinski definition) is 0. The summed E-state index contributed by atoms with van der Waals surface area (Å²) in [5.41, 5.74) is 0.374. The van der Waals surface area contributed by atoms with Crippen LogP contribution in [0.4, 0.5) is 0 Å². The molecule has 0 spiro atoms. The summed E-state index contributed by atoms with van der Waals surface area (Å²) in [7, 11) is 4.65. The molecule has 13 heavy (non-hydrogen) atoms. The zero-order chi connectivity index (χ0) is 10.3. The van der Waals surface area contributed by atoms with Gasteiger partial charge in [0.15, 0.2) is 0 Å². The predicted octanol–water partition coefficient (Wildman–Crippen LogP) is 1.91. The van der Waals surface area contributed by atoms with Crippen molar-refractivity contribution in [1.82, 2.24) is 4.90 Å². The number of nitrogens with zero attached hydrogens (tertiary/aromatic N) is 2. The van der Waals surface area contributed by atoms with Gasteiger partial charge >= 0.3 is 0 Å². The summed E-state index contributed by atoms with van der Waals surface area (Å²) in [5.74, 6) is 0. The largest absolute Gasteiger partial charge is 0.314 e. The van der Waals surface area contributed by atoms with Gasteiger partial charge in [0, 0.05) is 6.04 Å². The van der Waals surface area contributed by atoms with Crippen LogP contribution in [0.25, 0.3) is 0 Å². The molecule has 1 aliphatic rings. The van der Waals surface area contributed by atoms with Gasteiger partial charge in [-0.3, -0.25) is 0 Å². The third-order valence-corrected chi connectivity index (χ3v) is 3.25. The molecule has 2 nitrogen and oxygen atoms in total. The van der Waals surface area contributed by atoms with Crippen molar-refractivity contribution in [2.75, 3.05) is 27.3 Å². The second-order valence-electron chi connectivity index (χ2n) is 5.77.